The summed E-state index contributed by atoms with van der Waals surface area (Å²) < 4.78 is 14.0. The maximum absolute atomic E-state index is 11.8. The highest BCUT2D eigenvalue weighted by Crippen LogP contribution is 2.42. The molecule has 2 aromatic carbocycles. The molecule has 0 saturated heterocycles. The second-order valence-electron chi connectivity index (χ2n) is 4.75. The molecule has 0 fully saturated rings. The highest BCUT2D eigenvalue weighted by Gasteiger charge is 2.31. The van der Waals surface area contributed by atoms with Gasteiger partial charge in [0.1, 0.15) is 16.8 Å². The quantitative estimate of drug-likeness (QED) is 0.508. The number of ether oxygens (including phenoxy) is 1. The Morgan fingerprint density at radius 2 is 1.95 bits per heavy atom. The van der Waals surface area contributed by atoms with E-state index in [1.165, 1.54) is 11.7 Å². The Balaban J connectivity index is 1.99. The van der Waals surface area contributed by atoms with E-state index < -0.39 is 0 Å². The van der Waals surface area contributed by atoms with Gasteiger partial charge in [0.2, 0.25) is 0 Å². The Kier molecular flexibility index (Phi) is 2.53. The number of hydrogen-bond donors (Lipinski definition) is 0. The minimum Gasteiger partial charge on any atom is -0.426 e. The van der Waals surface area contributed by atoms with Gasteiger partial charge in [-0.3, -0.25) is 4.79 Å². The Morgan fingerprint density at radius 1 is 1.10 bits per heavy atom. The van der Waals surface area contributed by atoms with Gasteiger partial charge in [-0.25, -0.2) is 0 Å². The van der Waals surface area contributed by atoms with Crippen LogP contribution in [0.2, 0.25) is 0 Å². The standard InChI is InChI=1S/C15H10N2O2S/c18-13-8-10(9-4-2-1-3-5-9)14-12(19-13)7-6-11-15(14)17-20-16-11/h1-7,10H,8H2. The first kappa shape index (κ1) is 11.5. The molecule has 4 rings (SSSR count). The summed E-state index contributed by atoms with van der Waals surface area (Å²) in [6, 6.07) is 13.7. The molecule has 1 aliphatic heterocycles. The average molecular weight is 282 g/mol. The third-order valence-corrected chi connectivity index (χ3v) is 4.11. The molecular formula is C15H10N2O2S. The van der Waals surface area contributed by atoms with E-state index in [-0.39, 0.29) is 11.9 Å². The summed E-state index contributed by atoms with van der Waals surface area (Å²) in [7, 11) is 0. The van der Waals surface area contributed by atoms with E-state index >= 15 is 0 Å². The number of carbonyl (C=O) groups is 1. The number of hydrogen-bond acceptors (Lipinski definition) is 5. The molecule has 1 unspecified atom stereocenters. The summed E-state index contributed by atoms with van der Waals surface area (Å²) in [5.74, 6) is 0.393. The summed E-state index contributed by atoms with van der Waals surface area (Å²) in [5.41, 5.74) is 3.77. The molecule has 0 bridgehead atoms. The first-order chi connectivity index (χ1) is 9.83. The van der Waals surface area contributed by atoms with E-state index in [2.05, 4.69) is 8.75 Å². The SMILES string of the molecule is O=C1CC(c2ccccc2)c2c(ccc3nsnc23)O1. The summed E-state index contributed by atoms with van der Waals surface area (Å²) in [4.78, 5) is 11.8. The van der Waals surface area contributed by atoms with Crippen molar-refractivity contribution in [3.05, 3.63) is 53.6 Å². The molecule has 0 radical (unpaired) electrons. The van der Waals surface area contributed by atoms with Crippen LogP contribution in [0.5, 0.6) is 5.75 Å². The first-order valence-electron chi connectivity index (χ1n) is 6.34. The van der Waals surface area contributed by atoms with Gasteiger partial charge in [0, 0.05) is 11.5 Å². The maximum atomic E-state index is 11.8. The Bertz CT molecular complexity index is 798. The maximum Gasteiger partial charge on any atom is 0.312 e. The molecule has 1 atom stereocenters. The van der Waals surface area contributed by atoms with Crippen LogP contribution in [0.4, 0.5) is 0 Å². The zero-order valence-corrected chi connectivity index (χ0v) is 11.3. The van der Waals surface area contributed by atoms with E-state index in [0.717, 1.165) is 22.2 Å². The number of benzene rings is 2. The molecule has 3 aromatic rings. The lowest BCUT2D eigenvalue weighted by Gasteiger charge is -2.24. The lowest BCUT2D eigenvalue weighted by Crippen LogP contribution is -2.21. The van der Waals surface area contributed by atoms with Crippen molar-refractivity contribution in [2.45, 2.75) is 12.3 Å². The van der Waals surface area contributed by atoms with Gasteiger partial charge >= 0.3 is 5.97 Å². The summed E-state index contributed by atoms with van der Waals surface area (Å²) >= 11 is 1.18. The number of rotatable bonds is 1. The van der Waals surface area contributed by atoms with Crippen LogP contribution in [0.25, 0.3) is 11.0 Å². The fourth-order valence-electron chi connectivity index (χ4n) is 2.68. The van der Waals surface area contributed by atoms with Crippen molar-refractivity contribution < 1.29 is 9.53 Å². The van der Waals surface area contributed by atoms with Gasteiger partial charge in [-0.15, -0.1) is 0 Å². The summed E-state index contributed by atoms with van der Waals surface area (Å²) in [5, 5.41) is 0. The van der Waals surface area contributed by atoms with Crippen molar-refractivity contribution in [2.24, 2.45) is 0 Å². The minimum absolute atomic E-state index is 0.0138. The van der Waals surface area contributed by atoms with Crippen molar-refractivity contribution in [1.82, 2.24) is 8.75 Å². The van der Waals surface area contributed by atoms with Crippen LogP contribution >= 0.6 is 11.7 Å². The van der Waals surface area contributed by atoms with Crippen molar-refractivity contribution in [2.75, 3.05) is 0 Å². The third-order valence-electron chi connectivity index (χ3n) is 3.57. The number of aromatic nitrogens is 2. The largest absolute Gasteiger partial charge is 0.426 e. The molecule has 0 amide bonds. The third kappa shape index (κ3) is 1.71. The zero-order valence-electron chi connectivity index (χ0n) is 10.4. The zero-order chi connectivity index (χ0) is 13.5. The monoisotopic (exact) mass is 282 g/mol. The Labute approximate surface area is 119 Å². The molecule has 0 N–H and O–H groups in total. The number of nitrogens with zero attached hydrogens (tertiary/aromatic N) is 2. The molecule has 0 spiro atoms. The van der Waals surface area contributed by atoms with Crippen LogP contribution in [0.3, 0.4) is 0 Å². The predicted molar refractivity (Wildman–Crippen MR) is 76.0 cm³/mol. The lowest BCUT2D eigenvalue weighted by atomic mass is 9.85. The molecule has 0 aliphatic carbocycles. The van der Waals surface area contributed by atoms with Gasteiger partial charge in [-0.2, -0.15) is 8.75 Å². The molecule has 4 nitrogen and oxygen atoms in total. The molecule has 98 valence electrons. The fraction of sp³-hybridized carbons (Fsp3) is 0.133. The van der Waals surface area contributed by atoms with E-state index in [4.69, 9.17) is 4.74 Å². The molecule has 1 aliphatic rings. The van der Waals surface area contributed by atoms with Crippen LogP contribution in [0, 0.1) is 0 Å². The number of esters is 1. The average Bonchev–Trinajstić information content (AvgIpc) is 2.95. The smallest absolute Gasteiger partial charge is 0.312 e. The molecule has 20 heavy (non-hydrogen) atoms. The molecular weight excluding hydrogens is 272 g/mol. The summed E-state index contributed by atoms with van der Waals surface area (Å²) in [6.45, 7) is 0. The van der Waals surface area contributed by atoms with E-state index in [0.29, 0.717) is 12.2 Å². The van der Waals surface area contributed by atoms with E-state index in [9.17, 15) is 4.79 Å². The predicted octanol–water partition coefficient (Wildman–Crippen LogP) is 3.13. The van der Waals surface area contributed by atoms with Crippen LogP contribution in [0.15, 0.2) is 42.5 Å². The van der Waals surface area contributed by atoms with Crippen molar-refractivity contribution in [1.29, 1.82) is 0 Å². The van der Waals surface area contributed by atoms with Gasteiger partial charge in [0.25, 0.3) is 0 Å². The molecule has 0 saturated carbocycles. The van der Waals surface area contributed by atoms with Crippen molar-refractivity contribution in [3.63, 3.8) is 0 Å². The van der Waals surface area contributed by atoms with Crippen molar-refractivity contribution in [3.8, 4) is 5.75 Å². The molecule has 2 heterocycles. The van der Waals surface area contributed by atoms with Gasteiger partial charge in [-0.05, 0) is 17.7 Å². The number of fused-ring (bicyclic) bond motifs is 3. The summed E-state index contributed by atoms with van der Waals surface area (Å²) in [6.07, 6.45) is 0.341. The van der Waals surface area contributed by atoms with Gasteiger partial charge in [-0.1, -0.05) is 30.3 Å². The second kappa shape index (κ2) is 4.38. The molecule has 1 aromatic heterocycles. The first-order valence-corrected chi connectivity index (χ1v) is 7.07. The normalized spacial score (nSPS) is 17.8. The van der Waals surface area contributed by atoms with Crippen LogP contribution in [-0.2, 0) is 4.79 Å². The van der Waals surface area contributed by atoms with E-state index in [1.807, 2.05) is 42.5 Å². The molecule has 5 heteroatoms. The van der Waals surface area contributed by atoms with Crippen molar-refractivity contribution >= 4 is 28.7 Å². The topological polar surface area (TPSA) is 52.1 Å². The fourth-order valence-corrected chi connectivity index (χ4v) is 3.23. The lowest BCUT2D eigenvalue weighted by molar-refractivity contribution is -0.135. The highest BCUT2D eigenvalue weighted by atomic mass is 32.1. The van der Waals surface area contributed by atoms with Crippen LogP contribution in [0.1, 0.15) is 23.5 Å². The van der Waals surface area contributed by atoms with Gasteiger partial charge < -0.3 is 4.74 Å². The van der Waals surface area contributed by atoms with E-state index in [1.54, 1.807) is 0 Å². The Morgan fingerprint density at radius 3 is 2.80 bits per heavy atom. The highest BCUT2D eigenvalue weighted by molar-refractivity contribution is 7.00. The Hall–Kier alpha value is -2.27. The van der Waals surface area contributed by atoms with Gasteiger partial charge in [0.05, 0.1) is 18.1 Å². The van der Waals surface area contributed by atoms with Crippen LogP contribution in [-0.4, -0.2) is 14.7 Å². The van der Waals surface area contributed by atoms with Crippen LogP contribution < -0.4 is 4.74 Å². The van der Waals surface area contributed by atoms with Gasteiger partial charge in [0.15, 0.2) is 0 Å². The second-order valence-corrected chi connectivity index (χ2v) is 5.28. The number of carbonyl (C=O) groups excluding carboxylic acids is 1. The minimum atomic E-state index is -0.200.